The van der Waals surface area contributed by atoms with Crippen LogP contribution < -0.4 is 10.1 Å². The van der Waals surface area contributed by atoms with Gasteiger partial charge in [-0.05, 0) is 50.8 Å². The van der Waals surface area contributed by atoms with Crippen LogP contribution in [0.3, 0.4) is 0 Å². The monoisotopic (exact) mass is 323 g/mol. The molecule has 0 aliphatic heterocycles. The lowest BCUT2D eigenvalue weighted by Crippen LogP contribution is -2.38. The number of benzene rings is 1. The molecule has 22 heavy (non-hydrogen) atoms. The zero-order valence-electron chi connectivity index (χ0n) is 13.4. The number of hydrogen-bond acceptors (Lipinski definition) is 3. The zero-order chi connectivity index (χ0) is 14.7. The van der Waals surface area contributed by atoms with Crippen molar-refractivity contribution >= 4 is 23.3 Å². The maximum absolute atomic E-state index is 6.35. The molecule has 2 N–H and O–H groups in total. The third kappa shape index (κ3) is 3.55. The Kier molecular flexibility index (Phi) is 6.09. The van der Waals surface area contributed by atoms with Crippen LogP contribution in [-0.2, 0) is 6.42 Å². The predicted molar refractivity (Wildman–Crippen MR) is 93.1 cm³/mol. The first kappa shape index (κ1) is 17.1. The van der Waals surface area contributed by atoms with Gasteiger partial charge in [-0.15, -0.1) is 12.4 Å². The van der Waals surface area contributed by atoms with Crippen LogP contribution in [0.4, 0.5) is 0 Å². The lowest BCUT2D eigenvalue weighted by Gasteiger charge is -2.30. The third-order valence-electron chi connectivity index (χ3n) is 4.46. The van der Waals surface area contributed by atoms with E-state index < -0.39 is 0 Å². The molecule has 1 saturated carbocycles. The molecule has 122 valence electrons. The molecule has 0 amide bonds. The van der Waals surface area contributed by atoms with Crippen LogP contribution in [0, 0.1) is 0 Å². The highest BCUT2D eigenvalue weighted by atomic mass is 35.5. The van der Waals surface area contributed by atoms with Crippen molar-refractivity contribution < 1.29 is 4.74 Å². The number of nitrogens with zero attached hydrogens (tertiary/aromatic N) is 1. The number of aromatic amines is 1. The normalized spacial score (nSPS) is 21.5. The fraction of sp³-hybridized carbons (Fsp3) is 0.588. The summed E-state index contributed by atoms with van der Waals surface area (Å²) in [5, 5.41) is 11.9. The van der Waals surface area contributed by atoms with Gasteiger partial charge in [0.05, 0.1) is 11.7 Å². The van der Waals surface area contributed by atoms with E-state index in [0.29, 0.717) is 12.1 Å². The van der Waals surface area contributed by atoms with Crippen molar-refractivity contribution in [2.45, 2.75) is 58.1 Å². The molecule has 0 radical (unpaired) electrons. The van der Waals surface area contributed by atoms with Crippen molar-refractivity contribution in [3.8, 4) is 5.75 Å². The lowest BCUT2D eigenvalue weighted by atomic mass is 9.92. The molecule has 1 aromatic heterocycles. The molecule has 2 atom stereocenters. The molecule has 0 unspecified atom stereocenters. The summed E-state index contributed by atoms with van der Waals surface area (Å²) in [6.07, 6.45) is 8.00. The van der Waals surface area contributed by atoms with Gasteiger partial charge in [-0.2, -0.15) is 5.10 Å². The van der Waals surface area contributed by atoms with E-state index in [2.05, 4.69) is 41.5 Å². The number of rotatable bonds is 5. The second kappa shape index (κ2) is 7.84. The summed E-state index contributed by atoms with van der Waals surface area (Å²) >= 11 is 0. The Morgan fingerprint density at radius 3 is 2.95 bits per heavy atom. The van der Waals surface area contributed by atoms with Gasteiger partial charge in [-0.3, -0.25) is 5.10 Å². The van der Waals surface area contributed by atoms with Crippen molar-refractivity contribution in [3.05, 3.63) is 23.9 Å². The summed E-state index contributed by atoms with van der Waals surface area (Å²) in [5.74, 6) is 1.04. The topological polar surface area (TPSA) is 49.9 Å². The molecule has 1 aliphatic rings. The number of ether oxygens (including phenoxy) is 1. The standard InChI is InChI=1S/C17H25N3O.ClH/c1-3-14-15-11-19-20-16(15)8-9-17(14)21-13-7-5-6-12(10-13)18-4-2;/h8-9,11-13,18H,3-7,10H2,1-2H3,(H,19,20);1H/t12-,13+;/m1./s1. The highest BCUT2D eigenvalue weighted by molar-refractivity contribution is 5.85. The molecule has 4 nitrogen and oxygen atoms in total. The quantitative estimate of drug-likeness (QED) is 0.878. The van der Waals surface area contributed by atoms with E-state index in [1.165, 1.54) is 23.8 Å². The van der Waals surface area contributed by atoms with Crippen molar-refractivity contribution in [3.63, 3.8) is 0 Å². The first-order chi connectivity index (χ1) is 10.3. The Labute approximate surface area is 138 Å². The van der Waals surface area contributed by atoms with Crippen LogP contribution in [0.5, 0.6) is 5.75 Å². The van der Waals surface area contributed by atoms with E-state index in [-0.39, 0.29) is 12.4 Å². The van der Waals surface area contributed by atoms with Crippen LogP contribution in [0.1, 0.15) is 45.1 Å². The summed E-state index contributed by atoms with van der Waals surface area (Å²) < 4.78 is 6.35. The summed E-state index contributed by atoms with van der Waals surface area (Å²) in [6.45, 7) is 5.39. The molecule has 1 aliphatic carbocycles. The largest absolute Gasteiger partial charge is 0.490 e. The van der Waals surface area contributed by atoms with Crippen LogP contribution in [0.15, 0.2) is 18.3 Å². The number of nitrogens with one attached hydrogen (secondary N) is 2. The summed E-state index contributed by atoms with van der Waals surface area (Å²) in [6, 6.07) is 4.77. The SMILES string of the molecule is CCN[C@@H]1CCC[C@H](Oc2ccc3[nH]ncc3c2CC)C1.Cl. The van der Waals surface area contributed by atoms with E-state index in [9.17, 15) is 0 Å². The Hall–Kier alpha value is -1.26. The Bertz CT molecular complexity index is 597. The van der Waals surface area contributed by atoms with Gasteiger partial charge in [0.25, 0.3) is 0 Å². The van der Waals surface area contributed by atoms with Gasteiger partial charge >= 0.3 is 0 Å². The third-order valence-corrected chi connectivity index (χ3v) is 4.46. The molecular formula is C17H26ClN3O. The lowest BCUT2D eigenvalue weighted by molar-refractivity contribution is 0.134. The minimum Gasteiger partial charge on any atom is -0.490 e. The minimum atomic E-state index is 0. The highest BCUT2D eigenvalue weighted by Gasteiger charge is 2.23. The Morgan fingerprint density at radius 1 is 1.32 bits per heavy atom. The van der Waals surface area contributed by atoms with Gasteiger partial charge in [-0.25, -0.2) is 0 Å². The molecule has 1 heterocycles. The molecule has 0 saturated heterocycles. The molecule has 0 bridgehead atoms. The number of aromatic nitrogens is 2. The molecule has 5 heteroatoms. The van der Waals surface area contributed by atoms with Crippen molar-refractivity contribution in [1.29, 1.82) is 0 Å². The first-order valence-electron chi connectivity index (χ1n) is 8.16. The maximum Gasteiger partial charge on any atom is 0.123 e. The van der Waals surface area contributed by atoms with Crippen molar-refractivity contribution in [2.75, 3.05) is 6.54 Å². The average Bonchev–Trinajstić information content (AvgIpc) is 2.96. The molecule has 1 aromatic carbocycles. The smallest absolute Gasteiger partial charge is 0.123 e. The van der Waals surface area contributed by atoms with Gasteiger partial charge < -0.3 is 10.1 Å². The zero-order valence-corrected chi connectivity index (χ0v) is 14.2. The minimum absolute atomic E-state index is 0. The molecule has 1 fully saturated rings. The first-order valence-corrected chi connectivity index (χ1v) is 8.16. The molecule has 0 spiro atoms. The molecular weight excluding hydrogens is 298 g/mol. The van der Waals surface area contributed by atoms with E-state index in [4.69, 9.17) is 4.74 Å². The molecule has 2 aromatic rings. The van der Waals surface area contributed by atoms with E-state index >= 15 is 0 Å². The van der Waals surface area contributed by atoms with E-state index in [1.54, 1.807) is 0 Å². The number of H-pyrrole nitrogens is 1. The van der Waals surface area contributed by atoms with E-state index in [1.807, 2.05) is 6.20 Å². The maximum atomic E-state index is 6.35. The number of fused-ring (bicyclic) bond motifs is 1. The van der Waals surface area contributed by atoms with Crippen LogP contribution in [-0.4, -0.2) is 28.9 Å². The fourth-order valence-electron chi connectivity index (χ4n) is 3.44. The summed E-state index contributed by atoms with van der Waals surface area (Å²) in [4.78, 5) is 0. The average molecular weight is 324 g/mol. The van der Waals surface area contributed by atoms with E-state index in [0.717, 1.165) is 37.1 Å². The second-order valence-corrected chi connectivity index (χ2v) is 5.89. The van der Waals surface area contributed by atoms with Gasteiger partial charge in [0.15, 0.2) is 0 Å². The Balaban J connectivity index is 0.00000176. The fourth-order valence-corrected chi connectivity index (χ4v) is 3.44. The van der Waals surface area contributed by atoms with Gasteiger partial charge in [0.1, 0.15) is 11.9 Å². The highest BCUT2D eigenvalue weighted by Crippen LogP contribution is 2.31. The second-order valence-electron chi connectivity index (χ2n) is 5.89. The summed E-state index contributed by atoms with van der Waals surface area (Å²) in [7, 11) is 0. The van der Waals surface area contributed by atoms with Gasteiger partial charge in [0, 0.05) is 17.0 Å². The van der Waals surface area contributed by atoms with Crippen LogP contribution in [0.2, 0.25) is 0 Å². The number of aryl methyl sites for hydroxylation is 1. The van der Waals surface area contributed by atoms with Gasteiger partial charge in [0.2, 0.25) is 0 Å². The number of halogens is 1. The van der Waals surface area contributed by atoms with Crippen molar-refractivity contribution in [2.24, 2.45) is 0 Å². The number of hydrogen-bond donors (Lipinski definition) is 2. The molecule has 3 rings (SSSR count). The summed E-state index contributed by atoms with van der Waals surface area (Å²) in [5.41, 5.74) is 2.36. The van der Waals surface area contributed by atoms with Crippen LogP contribution in [0.25, 0.3) is 10.9 Å². The van der Waals surface area contributed by atoms with Crippen molar-refractivity contribution in [1.82, 2.24) is 15.5 Å². The predicted octanol–water partition coefficient (Wildman–Crippen LogP) is 3.85. The van der Waals surface area contributed by atoms with Gasteiger partial charge in [-0.1, -0.05) is 13.8 Å². The van der Waals surface area contributed by atoms with Crippen LogP contribution >= 0.6 is 12.4 Å². The Morgan fingerprint density at radius 2 is 2.18 bits per heavy atom.